The minimum atomic E-state index is -0.703. The number of hydrogen-bond acceptors (Lipinski definition) is 5. The number of hydrogen-bond donors (Lipinski definition) is 2. The molecule has 1 aromatic carbocycles. The van der Waals surface area contributed by atoms with Gasteiger partial charge in [-0.3, -0.25) is 9.59 Å². The Hall–Kier alpha value is -2.57. The first-order valence-electron chi connectivity index (χ1n) is 6.98. The third kappa shape index (κ3) is 6.25. The van der Waals surface area contributed by atoms with E-state index < -0.39 is 11.9 Å². The Morgan fingerprint density at radius 1 is 1.18 bits per heavy atom. The lowest BCUT2D eigenvalue weighted by atomic mass is 10.2. The Morgan fingerprint density at radius 2 is 1.91 bits per heavy atom. The van der Waals surface area contributed by atoms with Crippen molar-refractivity contribution in [3.05, 3.63) is 29.8 Å². The monoisotopic (exact) mass is 308 g/mol. The van der Waals surface area contributed by atoms with Crippen LogP contribution in [0.4, 0.5) is 0 Å². The molecule has 7 nitrogen and oxygen atoms in total. The number of benzene rings is 1. The Morgan fingerprint density at radius 3 is 2.59 bits per heavy atom. The summed E-state index contributed by atoms with van der Waals surface area (Å²) in [4.78, 5) is 34.1. The van der Waals surface area contributed by atoms with E-state index in [9.17, 15) is 14.4 Å². The average Bonchev–Trinajstić information content (AvgIpc) is 2.51. The highest BCUT2D eigenvalue weighted by molar-refractivity contribution is 5.94. The summed E-state index contributed by atoms with van der Waals surface area (Å²) < 4.78 is 10.1. The lowest BCUT2D eigenvalue weighted by Gasteiger charge is -2.10. The fourth-order valence-corrected chi connectivity index (χ4v) is 1.57. The van der Waals surface area contributed by atoms with E-state index in [0.29, 0.717) is 6.54 Å². The van der Waals surface area contributed by atoms with E-state index >= 15 is 0 Å². The van der Waals surface area contributed by atoms with E-state index in [2.05, 4.69) is 5.32 Å². The maximum atomic E-state index is 11.9. The highest BCUT2D eigenvalue weighted by atomic mass is 16.5. The molecular formula is C15H20N2O5. The fourth-order valence-electron chi connectivity index (χ4n) is 1.57. The zero-order valence-electron chi connectivity index (χ0n) is 12.5. The lowest BCUT2D eigenvalue weighted by molar-refractivity contribution is -0.124. The number of carbonyl (C=O) groups excluding carboxylic acids is 3. The van der Waals surface area contributed by atoms with Crippen LogP contribution < -0.4 is 15.8 Å². The number of ether oxygens (including phenoxy) is 2. The Balaban J connectivity index is 2.54. The van der Waals surface area contributed by atoms with Gasteiger partial charge in [0.05, 0.1) is 0 Å². The Labute approximate surface area is 128 Å². The van der Waals surface area contributed by atoms with Crippen molar-refractivity contribution in [2.45, 2.75) is 19.8 Å². The van der Waals surface area contributed by atoms with Crippen molar-refractivity contribution in [3.63, 3.8) is 0 Å². The summed E-state index contributed by atoms with van der Waals surface area (Å²) in [6.07, 6.45) is 1.83. The van der Waals surface area contributed by atoms with Crippen LogP contribution in [-0.4, -0.2) is 37.5 Å². The van der Waals surface area contributed by atoms with E-state index in [1.54, 1.807) is 12.1 Å². The summed E-state index contributed by atoms with van der Waals surface area (Å²) in [7, 11) is 0. The maximum Gasteiger partial charge on any atom is 0.342 e. The molecule has 1 aromatic rings. The second kappa shape index (κ2) is 9.38. The van der Waals surface area contributed by atoms with Crippen molar-refractivity contribution >= 4 is 17.8 Å². The average molecular weight is 308 g/mol. The third-order valence-electron chi connectivity index (χ3n) is 2.66. The molecule has 7 heteroatoms. The second-order valence-electron chi connectivity index (χ2n) is 4.53. The van der Waals surface area contributed by atoms with Crippen LogP contribution in [0.3, 0.4) is 0 Å². The molecule has 0 spiro atoms. The fraction of sp³-hybridized carbons (Fsp3) is 0.400. The predicted molar refractivity (Wildman–Crippen MR) is 79.3 cm³/mol. The summed E-state index contributed by atoms with van der Waals surface area (Å²) in [6.45, 7) is 1.84. The van der Waals surface area contributed by atoms with Gasteiger partial charge < -0.3 is 20.5 Å². The maximum absolute atomic E-state index is 11.9. The number of esters is 1. The first-order chi connectivity index (χ1) is 10.5. The molecule has 0 atom stereocenters. The molecule has 0 saturated heterocycles. The highest BCUT2D eigenvalue weighted by Gasteiger charge is 2.15. The SMILES string of the molecule is CCCCNC(=O)COC(=O)c1ccccc1OCC(N)=O. The topological polar surface area (TPSA) is 108 Å². The highest BCUT2D eigenvalue weighted by Crippen LogP contribution is 2.18. The van der Waals surface area contributed by atoms with E-state index in [1.807, 2.05) is 6.92 Å². The minimum Gasteiger partial charge on any atom is -0.483 e. The molecule has 0 heterocycles. The van der Waals surface area contributed by atoms with Gasteiger partial charge in [0.2, 0.25) is 0 Å². The zero-order valence-corrected chi connectivity index (χ0v) is 12.5. The summed E-state index contributed by atoms with van der Waals surface area (Å²) >= 11 is 0. The van der Waals surface area contributed by atoms with E-state index in [1.165, 1.54) is 12.1 Å². The molecule has 3 N–H and O–H groups in total. The number of primary amides is 1. The molecule has 0 aliphatic carbocycles. The summed E-state index contributed by atoms with van der Waals surface area (Å²) in [6, 6.07) is 6.26. The second-order valence-corrected chi connectivity index (χ2v) is 4.53. The van der Waals surface area contributed by atoms with Crippen LogP contribution in [-0.2, 0) is 14.3 Å². The van der Waals surface area contributed by atoms with Crippen LogP contribution in [0.1, 0.15) is 30.1 Å². The van der Waals surface area contributed by atoms with Crippen LogP contribution >= 0.6 is 0 Å². The van der Waals surface area contributed by atoms with E-state index in [0.717, 1.165) is 12.8 Å². The summed E-state index contributed by atoms with van der Waals surface area (Å²) in [5.74, 6) is -1.54. The van der Waals surface area contributed by atoms with Crippen molar-refractivity contribution < 1.29 is 23.9 Å². The molecule has 120 valence electrons. The molecule has 0 aliphatic heterocycles. The molecule has 2 amide bonds. The van der Waals surface area contributed by atoms with Gasteiger partial charge in [-0.2, -0.15) is 0 Å². The number of nitrogens with two attached hydrogens (primary N) is 1. The van der Waals surface area contributed by atoms with Crippen LogP contribution in [0.2, 0.25) is 0 Å². The standard InChI is InChI=1S/C15H20N2O5/c1-2-3-8-17-14(19)10-22-15(20)11-6-4-5-7-12(11)21-9-13(16)18/h4-7H,2-3,8-10H2,1H3,(H2,16,18)(H,17,19). The number of para-hydroxylation sites is 1. The van der Waals surface area contributed by atoms with Crippen molar-refractivity contribution in [2.75, 3.05) is 19.8 Å². The zero-order chi connectivity index (χ0) is 16.4. The normalized spacial score (nSPS) is 9.86. The molecule has 0 bridgehead atoms. The van der Waals surface area contributed by atoms with Crippen molar-refractivity contribution in [2.24, 2.45) is 5.73 Å². The van der Waals surface area contributed by atoms with Crippen LogP contribution in [0.15, 0.2) is 24.3 Å². The molecule has 0 saturated carbocycles. The van der Waals surface area contributed by atoms with Crippen LogP contribution in [0, 0.1) is 0 Å². The predicted octanol–water partition coefficient (Wildman–Crippen LogP) is 0.624. The van der Waals surface area contributed by atoms with E-state index in [-0.39, 0.29) is 30.4 Å². The van der Waals surface area contributed by atoms with Gasteiger partial charge in [-0.05, 0) is 18.6 Å². The van der Waals surface area contributed by atoms with Crippen LogP contribution in [0.5, 0.6) is 5.75 Å². The molecule has 1 rings (SSSR count). The van der Waals surface area contributed by atoms with Gasteiger partial charge in [-0.1, -0.05) is 25.5 Å². The van der Waals surface area contributed by atoms with Crippen molar-refractivity contribution in [1.82, 2.24) is 5.32 Å². The van der Waals surface area contributed by atoms with Gasteiger partial charge in [0.15, 0.2) is 13.2 Å². The van der Waals surface area contributed by atoms with Crippen molar-refractivity contribution in [1.29, 1.82) is 0 Å². The number of unbranched alkanes of at least 4 members (excludes halogenated alkanes) is 1. The largest absolute Gasteiger partial charge is 0.483 e. The van der Waals surface area contributed by atoms with Gasteiger partial charge in [0.25, 0.3) is 11.8 Å². The molecule has 22 heavy (non-hydrogen) atoms. The van der Waals surface area contributed by atoms with Gasteiger partial charge in [-0.15, -0.1) is 0 Å². The quantitative estimate of drug-likeness (QED) is 0.514. The molecule has 0 radical (unpaired) electrons. The molecule has 0 aromatic heterocycles. The smallest absolute Gasteiger partial charge is 0.342 e. The van der Waals surface area contributed by atoms with E-state index in [4.69, 9.17) is 15.2 Å². The van der Waals surface area contributed by atoms with Crippen LogP contribution in [0.25, 0.3) is 0 Å². The van der Waals surface area contributed by atoms with Gasteiger partial charge in [0, 0.05) is 6.54 Å². The number of nitrogens with one attached hydrogen (secondary N) is 1. The first kappa shape index (κ1) is 17.5. The Bertz CT molecular complexity index is 530. The third-order valence-corrected chi connectivity index (χ3v) is 2.66. The molecular weight excluding hydrogens is 288 g/mol. The van der Waals surface area contributed by atoms with Gasteiger partial charge in [-0.25, -0.2) is 4.79 Å². The number of rotatable bonds is 9. The summed E-state index contributed by atoms with van der Waals surface area (Å²) in [5, 5.41) is 2.64. The molecule has 0 aliphatic rings. The lowest BCUT2D eigenvalue weighted by Crippen LogP contribution is -2.29. The van der Waals surface area contributed by atoms with Crippen molar-refractivity contribution in [3.8, 4) is 5.75 Å². The Kier molecular flexibility index (Phi) is 7.45. The summed E-state index contributed by atoms with van der Waals surface area (Å²) in [5.41, 5.74) is 5.12. The van der Waals surface area contributed by atoms with Gasteiger partial charge in [0.1, 0.15) is 11.3 Å². The number of carbonyl (C=O) groups is 3. The number of amides is 2. The first-order valence-corrected chi connectivity index (χ1v) is 6.98. The minimum absolute atomic E-state index is 0.130. The molecule has 0 fully saturated rings. The molecule has 0 unspecified atom stereocenters. The van der Waals surface area contributed by atoms with Gasteiger partial charge >= 0.3 is 5.97 Å².